The van der Waals surface area contributed by atoms with Crippen LogP contribution >= 0.6 is 0 Å². The van der Waals surface area contributed by atoms with Crippen LogP contribution in [-0.4, -0.2) is 44.8 Å². The number of benzene rings is 1. The number of rotatable bonds is 4. The molecule has 232 valence electrons. The minimum absolute atomic E-state index is 0.0268. The average molecular weight is 600 g/mol. The fourth-order valence-corrected chi connectivity index (χ4v) is 11.1. The van der Waals surface area contributed by atoms with E-state index in [4.69, 9.17) is 14.6 Å². The Morgan fingerprint density at radius 2 is 1.95 bits per heavy atom. The maximum absolute atomic E-state index is 14.0. The lowest BCUT2D eigenvalue weighted by Crippen LogP contribution is -2.63. The molecule has 0 amide bonds. The van der Waals surface area contributed by atoms with E-state index in [1.807, 2.05) is 10.9 Å². The second kappa shape index (κ2) is 10.1. The van der Waals surface area contributed by atoms with Gasteiger partial charge in [0.2, 0.25) is 0 Å². The molecule has 1 aromatic carbocycles. The fourth-order valence-electron chi connectivity index (χ4n) is 11.1. The molecule has 0 bridgehead atoms. The Kier molecular flexibility index (Phi) is 6.55. The molecule has 2 aromatic rings. The van der Waals surface area contributed by atoms with Gasteiger partial charge in [0.15, 0.2) is 17.7 Å². The first-order valence-electron chi connectivity index (χ1n) is 16.6. The Morgan fingerprint density at radius 1 is 1.18 bits per heavy atom. The summed E-state index contributed by atoms with van der Waals surface area (Å²) in [6.07, 6.45) is 12.0. The molecular weight excluding hydrogens is 557 g/mol. The first-order valence-corrected chi connectivity index (χ1v) is 16.6. The second-order valence-electron chi connectivity index (χ2n) is 15.0. The number of ketones is 1. The van der Waals surface area contributed by atoms with Crippen molar-refractivity contribution < 1.29 is 23.8 Å². The van der Waals surface area contributed by atoms with Crippen LogP contribution in [-0.2, 0) is 20.7 Å². The molecule has 1 aliphatic heterocycles. The Hall–Kier alpha value is -2.86. The maximum atomic E-state index is 14.0. The molecule has 0 spiro atoms. The normalized spacial score (nSPS) is 41.0. The van der Waals surface area contributed by atoms with Gasteiger partial charge in [-0.05, 0) is 104 Å². The lowest BCUT2D eigenvalue weighted by Gasteiger charge is -2.60. The summed E-state index contributed by atoms with van der Waals surface area (Å²) >= 11 is 0. The van der Waals surface area contributed by atoms with E-state index in [0.29, 0.717) is 6.42 Å². The van der Waals surface area contributed by atoms with Gasteiger partial charge in [0.05, 0.1) is 42.3 Å². The number of hydrogen-bond acceptors (Lipinski definition) is 6. The molecule has 7 nitrogen and oxygen atoms in total. The molecular formula is C36H42FN3O4. The van der Waals surface area contributed by atoms with Gasteiger partial charge < -0.3 is 14.6 Å². The number of hydrogen-bond donors (Lipinski definition) is 1. The molecule has 5 fully saturated rings. The van der Waals surface area contributed by atoms with Crippen LogP contribution in [0.1, 0.15) is 89.3 Å². The third kappa shape index (κ3) is 3.82. The zero-order chi connectivity index (χ0) is 30.4. The monoisotopic (exact) mass is 599 g/mol. The van der Waals surface area contributed by atoms with Crippen LogP contribution in [0.25, 0.3) is 11.8 Å². The number of carbonyl (C=O) groups is 1. The van der Waals surface area contributed by atoms with Crippen LogP contribution in [0.2, 0.25) is 0 Å². The topological polar surface area (TPSA) is 97.4 Å². The summed E-state index contributed by atoms with van der Waals surface area (Å²) in [4.78, 5) is 14.0. The SMILES string of the molecule is C[C@]12Cc3cnn(-c4ccc(F)cc4)c3C=C1CC[C@@H]1[C@@H]2[C@@H](O)C[C@@]2(C)[C@H]1C[C@H]1O[C@@H](C3CCCCC3)O[C@]12C(=O)CC#N. The highest BCUT2D eigenvalue weighted by Crippen LogP contribution is 2.70. The van der Waals surface area contributed by atoms with E-state index in [0.717, 1.165) is 68.3 Å². The van der Waals surface area contributed by atoms with Crippen molar-refractivity contribution in [2.45, 2.75) is 109 Å². The number of carbonyl (C=O) groups excluding carboxylic acids is 1. The Morgan fingerprint density at radius 3 is 2.70 bits per heavy atom. The first-order chi connectivity index (χ1) is 21.2. The quantitative estimate of drug-likeness (QED) is 0.442. The number of Topliss-reactive ketones (excluding diaryl/α,β-unsaturated/α-hetero) is 1. The molecule has 1 aromatic heterocycles. The van der Waals surface area contributed by atoms with Crippen molar-refractivity contribution in [3.8, 4) is 11.8 Å². The fraction of sp³-hybridized carbons (Fsp3) is 0.639. The number of aromatic nitrogens is 2. The first kappa shape index (κ1) is 28.6. The predicted octanol–water partition coefficient (Wildman–Crippen LogP) is 6.32. The molecule has 0 radical (unpaired) electrons. The van der Waals surface area contributed by atoms with E-state index in [-0.39, 0.29) is 53.2 Å². The second-order valence-corrected chi connectivity index (χ2v) is 15.0. The summed E-state index contributed by atoms with van der Waals surface area (Å²) in [6.45, 7) is 4.45. The van der Waals surface area contributed by atoms with E-state index in [9.17, 15) is 19.6 Å². The minimum Gasteiger partial charge on any atom is -0.393 e. The van der Waals surface area contributed by atoms with Crippen molar-refractivity contribution in [1.29, 1.82) is 5.26 Å². The number of nitrogens with zero attached hydrogens (tertiary/aromatic N) is 3. The summed E-state index contributed by atoms with van der Waals surface area (Å²) in [6, 6.07) is 8.53. The standard InChI is InChI=1S/C36H42FN3O4/c1-34-18-22-20-39-40(25-11-9-24(37)10-12-25)28(22)16-23(34)8-13-26-27-17-31-36(30(42)14-15-38,35(27,2)19-29(41)32(26)34)44-33(43-31)21-6-4-3-5-7-21/h9-12,16,20-21,26-27,29,31-33,41H,3-8,13-14,17-19H2,1-2H3/t26-,27-,29-,31+,32+,33+,34-,35-,36+/m0/s1. The van der Waals surface area contributed by atoms with Gasteiger partial charge in [-0.3, -0.25) is 4.79 Å². The van der Waals surface area contributed by atoms with Gasteiger partial charge in [-0.15, -0.1) is 0 Å². The third-order valence-corrected chi connectivity index (χ3v) is 12.9. The molecule has 9 atom stereocenters. The van der Waals surface area contributed by atoms with E-state index >= 15 is 0 Å². The zero-order valence-corrected chi connectivity index (χ0v) is 25.7. The Labute approximate surface area is 258 Å². The van der Waals surface area contributed by atoms with Crippen LogP contribution in [0, 0.1) is 51.6 Å². The Bertz CT molecular complexity index is 1560. The highest BCUT2D eigenvalue weighted by Gasteiger charge is 2.76. The van der Waals surface area contributed by atoms with Crippen molar-refractivity contribution in [3.05, 3.63) is 53.1 Å². The van der Waals surface area contributed by atoms with Gasteiger partial charge in [-0.2, -0.15) is 10.4 Å². The molecule has 6 aliphatic rings. The number of halogens is 1. The van der Waals surface area contributed by atoms with E-state index in [1.54, 1.807) is 12.1 Å². The number of aliphatic hydroxyl groups is 1. The molecule has 8 rings (SSSR count). The van der Waals surface area contributed by atoms with Crippen LogP contribution < -0.4 is 0 Å². The number of allylic oxidation sites excluding steroid dienone is 1. The van der Waals surface area contributed by atoms with Crippen LogP contribution in [0.5, 0.6) is 0 Å². The van der Waals surface area contributed by atoms with Crippen LogP contribution in [0.15, 0.2) is 36.0 Å². The smallest absolute Gasteiger partial charge is 0.182 e. The Balaban J connectivity index is 1.13. The molecule has 4 saturated carbocycles. The third-order valence-electron chi connectivity index (χ3n) is 12.9. The maximum Gasteiger partial charge on any atom is 0.182 e. The molecule has 1 saturated heterocycles. The summed E-state index contributed by atoms with van der Waals surface area (Å²) in [5.41, 5.74) is 2.27. The summed E-state index contributed by atoms with van der Waals surface area (Å²) in [7, 11) is 0. The van der Waals surface area contributed by atoms with E-state index in [1.165, 1.54) is 24.1 Å². The van der Waals surface area contributed by atoms with Gasteiger partial charge in [0.1, 0.15) is 5.82 Å². The van der Waals surface area contributed by atoms with Crippen LogP contribution in [0.4, 0.5) is 4.39 Å². The highest BCUT2D eigenvalue weighted by atomic mass is 19.1. The lowest BCUT2D eigenvalue weighted by atomic mass is 9.45. The minimum atomic E-state index is -1.19. The van der Waals surface area contributed by atoms with Gasteiger partial charge in [-0.25, -0.2) is 9.07 Å². The summed E-state index contributed by atoms with van der Waals surface area (Å²) < 4.78 is 29.1. The van der Waals surface area contributed by atoms with Crippen molar-refractivity contribution in [1.82, 2.24) is 9.78 Å². The molecule has 1 N–H and O–H groups in total. The molecule has 8 heteroatoms. The molecule has 0 unspecified atom stereocenters. The van der Waals surface area contributed by atoms with Gasteiger partial charge in [-0.1, -0.05) is 38.7 Å². The number of aliphatic hydroxyl groups excluding tert-OH is 1. The predicted molar refractivity (Wildman–Crippen MR) is 161 cm³/mol. The molecule has 44 heavy (non-hydrogen) atoms. The summed E-state index contributed by atoms with van der Waals surface area (Å²) in [5, 5.41) is 26.5. The molecule has 2 heterocycles. The lowest BCUT2D eigenvalue weighted by molar-refractivity contribution is -0.209. The average Bonchev–Trinajstić information content (AvgIpc) is 3.66. The van der Waals surface area contributed by atoms with Gasteiger partial charge in [0.25, 0.3) is 0 Å². The number of ether oxygens (including phenoxy) is 2. The van der Waals surface area contributed by atoms with Crippen molar-refractivity contribution >= 4 is 11.9 Å². The largest absolute Gasteiger partial charge is 0.393 e. The number of fused-ring (bicyclic) bond motifs is 8. The van der Waals surface area contributed by atoms with Gasteiger partial charge >= 0.3 is 0 Å². The van der Waals surface area contributed by atoms with Crippen molar-refractivity contribution in [3.63, 3.8) is 0 Å². The zero-order valence-electron chi connectivity index (χ0n) is 25.7. The van der Waals surface area contributed by atoms with Crippen molar-refractivity contribution in [2.24, 2.45) is 34.5 Å². The molecule has 5 aliphatic carbocycles. The van der Waals surface area contributed by atoms with Crippen molar-refractivity contribution in [2.75, 3.05) is 0 Å². The summed E-state index contributed by atoms with van der Waals surface area (Å²) in [5.74, 6) is 0.216. The number of nitriles is 1. The van der Waals surface area contributed by atoms with E-state index < -0.39 is 23.4 Å². The highest BCUT2D eigenvalue weighted by molar-refractivity contribution is 5.91. The van der Waals surface area contributed by atoms with Crippen LogP contribution in [0.3, 0.4) is 0 Å². The van der Waals surface area contributed by atoms with Gasteiger partial charge in [0, 0.05) is 11.3 Å². The van der Waals surface area contributed by atoms with E-state index in [2.05, 4.69) is 26.0 Å².